The Morgan fingerprint density at radius 2 is 1.62 bits per heavy atom. The van der Waals surface area contributed by atoms with E-state index in [4.69, 9.17) is 0 Å². The normalized spacial score (nSPS) is 28.8. The van der Waals surface area contributed by atoms with Crippen molar-refractivity contribution in [3.63, 3.8) is 0 Å². The van der Waals surface area contributed by atoms with Gasteiger partial charge >= 0.3 is 0 Å². The second-order valence-corrected chi connectivity index (χ2v) is 10.1. The molecule has 0 radical (unpaired) electrons. The predicted molar refractivity (Wildman–Crippen MR) is 105 cm³/mol. The molecule has 2 atom stereocenters. The van der Waals surface area contributed by atoms with Crippen LogP contribution in [0.2, 0.25) is 0 Å². The van der Waals surface area contributed by atoms with Crippen molar-refractivity contribution >= 4 is 10.0 Å². The Bertz CT molecular complexity index is 963. The molecule has 1 aliphatic heterocycles. The first-order chi connectivity index (χ1) is 12.3. The zero-order valence-corrected chi connectivity index (χ0v) is 16.4. The lowest BCUT2D eigenvalue weighted by Gasteiger charge is -2.37. The van der Waals surface area contributed by atoms with Crippen molar-refractivity contribution in [3.05, 3.63) is 77.4 Å². The highest BCUT2D eigenvalue weighted by molar-refractivity contribution is 7.89. The summed E-state index contributed by atoms with van der Waals surface area (Å²) in [4.78, 5) is 0.387. The molecule has 2 aliphatic rings. The van der Waals surface area contributed by atoms with Crippen LogP contribution in [0.15, 0.2) is 71.1 Å². The molecule has 4 heteroatoms. The maximum Gasteiger partial charge on any atom is 0.243 e. The molecule has 0 aromatic heterocycles. The van der Waals surface area contributed by atoms with E-state index in [2.05, 4.69) is 32.1 Å². The van der Waals surface area contributed by atoms with Gasteiger partial charge in [-0.05, 0) is 51.3 Å². The van der Waals surface area contributed by atoms with Crippen LogP contribution in [0, 0.1) is 6.92 Å². The number of nitrogens with zero attached hydrogens (tertiary/aromatic N) is 1. The van der Waals surface area contributed by atoms with Crippen LogP contribution in [-0.4, -0.2) is 24.8 Å². The summed E-state index contributed by atoms with van der Waals surface area (Å²) in [6.45, 7) is 6.69. The van der Waals surface area contributed by atoms with Gasteiger partial charge in [0, 0.05) is 17.5 Å². The lowest BCUT2D eigenvalue weighted by molar-refractivity contribution is 0.261. The monoisotopic (exact) mass is 367 g/mol. The molecule has 1 saturated heterocycles. The second-order valence-electron chi connectivity index (χ2n) is 8.19. The van der Waals surface area contributed by atoms with Crippen molar-refractivity contribution in [2.45, 2.75) is 49.5 Å². The van der Waals surface area contributed by atoms with Gasteiger partial charge < -0.3 is 0 Å². The molecule has 136 valence electrons. The van der Waals surface area contributed by atoms with E-state index in [0.717, 1.165) is 18.4 Å². The first-order valence-corrected chi connectivity index (χ1v) is 10.5. The van der Waals surface area contributed by atoms with E-state index in [1.165, 1.54) is 11.1 Å². The molecule has 0 spiro atoms. The summed E-state index contributed by atoms with van der Waals surface area (Å²) in [7, 11) is -3.54. The van der Waals surface area contributed by atoms with Crippen LogP contribution < -0.4 is 0 Å². The summed E-state index contributed by atoms with van der Waals surface area (Å²) < 4.78 is 28.7. The SMILES string of the molecule is CC1=CC2(c3ccccc3)CN(S(=O)(=O)c3ccc(C)cc3)C(C)(C1)C2. The fourth-order valence-corrected chi connectivity index (χ4v) is 6.75. The van der Waals surface area contributed by atoms with Crippen molar-refractivity contribution in [2.75, 3.05) is 6.54 Å². The summed E-state index contributed by atoms with van der Waals surface area (Å²) in [5.41, 5.74) is 2.90. The maximum absolute atomic E-state index is 13.5. The first kappa shape index (κ1) is 17.5. The smallest absolute Gasteiger partial charge is 0.207 e. The third kappa shape index (κ3) is 2.63. The van der Waals surface area contributed by atoms with E-state index in [1.807, 2.05) is 37.3 Å². The van der Waals surface area contributed by atoms with Crippen molar-refractivity contribution < 1.29 is 8.42 Å². The molecule has 1 fully saturated rings. The van der Waals surface area contributed by atoms with Crippen LogP contribution in [0.4, 0.5) is 0 Å². The quantitative estimate of drug-likeness (QED) is 0.752. The van der Waals surface area contributed by atoms with Crippen LogP contribution in [0.1, 0.15) is 37.8 Å². The third-order valence-electron chi connectivity index (χ3n) is 5.86. The van der Waals surface area contributed by atoms with E-state index >= 15 is 0 Å². The molecular formula is C22H25NO2S. The molecule has 0 amide bonds. The average molecular weight is 368 g/mol. The molecule has 0 N–H and O–H groups in total. The fourth-order valence-electron chi connectivity index (χ4n) is 4.90. The Morgan fingerprint density at radius 1 is 0.962 bits per heavy atom. The summed E-state index contributed by atoms with van der Waals surface area (Å²) >= 11 is 0. The van der Waals surface area contributed by atoms with E-state index in [1.54, 1.807) is 16.4 Å². The molecule has 2 unspecified atom stereocenters. The standard InChI is InChI=1S/C22H25NO2S/c1-17-9-11-20(12-10-17)26(24,25)23-16-22(19-7-5-4-6-8-19)14-18(2)13-21(23,3)15-22/h4-12,14H,13,15-16H2,1-3H3. The molecule has 1 aliphatic carbocycles. The molecular weight excluding hydrogens is 342 g/mol. The largest absolute Gasteiger partial charge is 0.243 e. The third-order valence-corrected chi connectivity index (χ3v) is 7.88. The Balaban J connectivity index is 1.82. The summed E-state index contributed by atoms with van der Waals surface area (Å²) in [6, 6.07) is 17.5. The van der Waals surface area contributed by atoms with E-state index < -0.39 is 15.6 Å². The van der Waals surface area contributed by atoms with Crippen LogP contribution >= 0.6 is 0 Å². The lowest BCUT2D eigenvalue weighted by atomic mass is 9.69. The fraction of sp³-hybridized carbons (Fsp3) is 0.364. The number of aryl methyl sites for hydroxylation is 1. The molecule has 2 bridgehead atoms. The zero-order chi connectivity index (χ0) is 18.6. The lowest BCUT2D eigenvalue weighted by Crippen LogP contribution is -2.45. The Labute approximate surface area is 156 Å². The number of fused-ring (bicyclic) bond motifs is 2. The molecule has 1 heterocycles. The zero-order valence-electron chi connectivity index (χ0n) is 15.6. The minimum absolute atomic E-state index is 0.240. The van der Waals surface area contributed by atoms with Crippen LogP contribution in [0.3, 0.4) is 0 Å². The highest BCUT2D eigenvalue weighted by atomic mass is 32.2. The number of rotatable bonds is 3. The number of hydrogen-bond donors (Lipinski definition) is 0. The molecule has 26 heavy (non-hydrogen) atoms. The molecule has 2 aromatic carbocycles. The highest BCUT2D eigenvalue weighted by Gasteiger charge is 2.57. The van der Waals surface area contributed by atoms with Gasteiger partial charge in [-0.25, -0.2) is 8.42 Å². The summed E-state index contributed by atoms with van der Waals surface area (Å²) in [6.07, 6.45) is 3.91. The molecule has 3 nitrogen and oxygen atoms in total. The van der Waals surface area contributed by atoms with Crippen LogP contribution in [0.25, 0.3) is 0 Å². The molecule has 0 saturated carbocycles. The van der Waals surface area contributed by atoms with Crippen molar-refractivity contribution in [2.24, 2.45) is 0 Å². The summed E-state index contributed by atoms with van der Waals surface area (Å²) in [5.74, 6) is 0. The second kappa shape index (κ2) is 5.80. The van der Waals surface area contributed by atoms with Crippen molar-refractivity contribution in [1.82, 2.24) is 4.31 Å². The van der Waals surface area contributed by atoms with Gasteiger partial charge in [-0.15, -0.1) is 0 Å². The van der Waals surface area contributed by atoms with Crippen molar-refractivity contribution in [3.8, 4) is 0 Å². The Morgan fingerprint density at radius 3 is 2.27 bits per heavy atom. The molecule has 2 aromatic rings. The van der Waals surface area contributed by atoms with Gasteiger partial charge in [-0.2, -0.15) is 4.31 Å². The van der Waals surface area contributed by atoms with E-state index in [-0.39, 0.29) is 5.41 Å². The molecule has 4 rings (SSSR count). The average Bonchev–Trinajstić information content (AvgIpc) is 2.83. The van der Waals surface area contributed by atoms with Gasteiger partial charge in [0.25, 0.3) is 0 Å². The van der Waals surface area contributed by atoms with Gasteiger partial charge in [-0.1, -0.05) is 59.7 Å². The van der Waals surface area contributed by atoms with Crippen LogP contribution in [-0.2, 0) is 15.4 Å². The van der Waals surface area contributed by atoms with Gasteiger partial charge in [-0.3, -0.25) is 0 Å². The minimum atomic E-state index is -3.54. The van der Waals surface area contributed by atoms with Gasteiger partial charge in [0.05, 0.1) is 4.90 Å². The number of sulfonamides is 1. The van der Waals surface area contributed by atoms with Crippen LogP contribution in [0.5, 0.6) is 0 Å². The number of hydrogen-bond acceptors (Lipinski definition) is 2. The van der Waals surface area contributed by atoms with E-state index in [9.17, 15) is 8.42 Å². The number of benzene rings is 2. The highest BCUT2D eigenvalue weighted by Crippen LogP contribution is 2.53. The van der Waals surface area contributed by atoms with Gasteiger partial charge in [0.2, 0.25) is 10.0 Å². The topological polar surface area (TPSA) is 37.4 Å². The summed E-state index contributed by atoms with van der Waals surface area (Å²) in [5, 5.41) is 0. The van der Waals surface area contributed by atoms with Crippen molar-refractivity contribution in [1.29, 1.82) is 0 Å². The predicted octanol–water partition coefficient (Wildman–Crippen LogP) is 4.44. The first-order valence-electron chi connectivity index (χ1n) is 9.09. The van der Waals surface area contributed by atoms with Gasteiger partial charge in [0.1, 0.15) is 0 Å². The van der Waals surface area contributed by atoms with Gasteiger partial charge in [0.15, 0.2) is 0 Å². The maximum atomic E-state index is 13.5. The van der Waals surface area contributed by atoms with E-state index in [0.29, 0.717) is 11.4 Å². The Kier molecular flexibility index (Phi) is 3.90. The Hall–Kier alpha value is -1.91. The minimum Gasteiger partial charge on any atom is -0.207 e.